The molecule has 0 unspecified atom stereocenters. The Hall–Kier alpha value is -1.87. The molecule has 0 aromatic carbocycles. The Kier molecular flexibility index (Phi) is 5.34. The summed E-state index contributed by atoms with van der Waals surface area (Å²) in [5, 5.41) is 15.6. The fourth-order valence-electron chi connectivity index (χ4n) is 2.54. The quantitative estimate of drug-likeness (QED) is 0.866. The zero-order valence-corrected chi connectivity index (χ0v) is 12.9. The minimum Gasteiger partial charge on any atom is -0.381 e. The number of ether oxygens (including phenoxy) is 1. The maximum atomic E-state index is 9.10. The first-order valence-electron chi connectivity index (χ1n) is 7.45. The fraction of sp³-hybridized carbons (Fsp3) is 0.667. The van der Waals surface area contributed by atoms with Gasteiger partial charge in [-0.1, -0.05) is 0 Å². The van der Waals surface area contributed by atoms with Gasteiger partial charge in [-0.2, -0.15) is 10.2 Å². The van der Waals surface area contributed by atoms with Crippen LogP contribution in [0.25, 0.3) is 0 Å². The van der Waals surface area contributed by atoms with Gasteiger partial charge < -0.3 is 15.4 Å². The zero-order valence-electron chi connectivity index (χ0n) is 12.9. The van der Waals surface area contributed by atoms with Crippen LogP contribution in [0.3, 0.4) is 0 Å². The smallest absolute Gasteiger partial charge is 0.224 e. The molecule has 0 aliphatic heterocycles. The first kappa shape index (κ1) is 15.5. The fourth-order valence-corrected chi connectivity index (χ4v) is 2.54. The average Bonchev–Trinajstić information content (AvgIpc) is 2.48. The first-order chi connectivity index (χ1) is 10.1. The lowest BCUT2D eigenvalue weighted by atomic mass is 9.93. The number of nitrogens with zero attached hydrogens (tertiary/aromatic N) is 3. The molecule has 0 amide bonds. The summed E-state index contributed by atoms with van der Waals surface area (Å²) >= 11 is 0. The van der Waals surface area contributed by atoms with Crippen LogP contribution in [0.15, 0.2) is 6.20 Å². The molecular formula is C15H23N5O. The molecule has 2 N–H and O–H groups in total. The maximum absolute atomic E-state index is 9.10. The lowest BCUT2D eigenvalue weighted by molar-refractivity contribution is 0.0681. The Morgan fingerprint density at radius 3 is 2.62 bits per heavy atom. The van der Waals surface area contributed by atoms with Gasteiger partial charge in [0.25, 0.3) is 0 Å². The molecule has 0 atom stereocenters. The van der Waals surface area contributed by atoms with Gasteiger partial charge in [-0.15, -0.1) is 0 Å². The molecule has 0 saturated heterocycles. The van der Waals surface area contributed by atoms with Gasteiger partial charge in [0.2, 0.25) is 5.95 Å². The van der Waals surface area contributed by atoms with E-state index in [0.717, 1.165) is 25.7 Å². The molecule has 21 heavy (non-hydrogen) atoms. The summed E-state index contributed by atoms with van der Waals surface area (Å²) < 4.78 is 5.38. The molecule has 1 saturated carbocycles. The van der Waals surface area contributed by atoms with Crippen LogP contribution in [-0.4, -0.2) is 35.3 Å². The van der Waals surface area contributed by atoms with Crippen LogP contribution >= 0.6 is 0 Å². The zero-order chi connectivity index (χ0) is 15.2. The van der Waals surface area contributed by atoms with E-state index in [0.29, 0.717) is 29.5 Å². The normalized spacial score (nSPS) is 21.9. The third-order valence-electron chi connectivity index (χ3n) is 3.68. The van der Waals surface area contributed by atoms with E-state index < -0.39 is 0 Å². The van der Waals surface area contributed by atoms with Crippen LogP contribution < -0.4 is 10.6 Å². The van der Waals surface area contributed by atoms with Crippen LogP contribution in [0, 0.1) is 11.3 Å². The van der Waals surface area contributed by atoms with Gasteiger partial charge in [-0.25, -0.2) is 4.98 Å². The maximum Gasteiger partial charge on any atom is 0.224 e. The summed E-state index contributed by atoms with van der Waals surface area (Å²) in [7, 11) is 1.77. The molecule has 114 valence electrons. The summed E-state index contributed by atoms with van der Waals surface area (Å²) in [6.07, 6.45) is 6.16. The third-order valence-corrected chi connectivity index (χ3v) is 3.68. The SMILES string of the molecule is COC1CCC(Nc2ncc(C#N)c(NC(C)C)n2)CC1. The van der Waals surface area contributed by atoms with Crippen molar-refractivity contribution >= 4 is 11.8 Å². The Bertz CT molecular complexity index is 503. The lowest BCUT2D eigenvalue weighted by Crippen LogP contribution is -2.30. The summed E-state index contributed by atoms with van der Waals surface area (Å²) in [4.78, 5) is 8.66. The standard InChI is InChI=1S/C15H23N5O/c1-10(2)18-14-11(8-16)9-17-15(20-14)19-12-4-6-13(21-3)7-5-12/h9-10,12-13H,4-7H2,1-3H3,(H2,17,18,19,20). The van der Waals surface area contributed by atoms with E-state index in [1.165, 1.54) is 0 Å². The Morgan fingerprint density at radius 1 is 1.33 bits per heavy atom. The number of methoxy groups -OCH3 is 1. The van der Waals surface area contributed by atoms with Crippen LogP contribution in [0.4, 0.5) is 11.8 Å². The van der Waals surface area contributed by atoms with E-state index in [1.807, 2.05) is 13.8 Å². The number of nitriles is 1. The highest BCUT2D eigenvalue weighted by atomic mass is 16.5. The molecule has 2 rings (SSSR count). The summed E-state index contributed by atoms with van der Waals surface area (Å²) in [6.45, 7) is 4.03. The van der Waals surface area contributed by atoms with E-state index in [-0.39, 0.29) is 6.04 Å². The molecule has 1 aromatic heterocycles. The average molecular weight is 289 g/mol. The van der Waals surface area contributed by atoms with Crippen molar-refractivity contribution in [3.05, 3.63) is 11.8 Å². The molecule has 0 spiro atoms. The number of hydrogen-bond donors (Lipinski definition) is 2. The summed E-state index contributed by atoms with van der Waals surface area (Å²) in [6, 6.07) is 2.70. The monoisotopic (exact) mass is 289 g/mol. The van der Waals surface area contributed by atoms with Crippen molar-refractivity contribution in [1.29, 1.82) is 5.26 Å². The van der Waals surface area contributed by atoms with E-state index in [2.05, 4.69) is 26.7 Å². The molecule has 6 heteroatoms. The Labute approximate surface area is 125 Å². The van der Waals surface area contributed by atoms with Gasteiger partial charge in [-0.05, 0) is 39.5 Å². The van der Waals surface area contributed by atoms with Gasteiger partial charge in [0.1, 0.15) is 17.5 Å². The highest BCUT2D eigenvalue weighted by Crippen LogP contribution is 2.23. The van der Waals surface area contributed by atoms with Gasteiger partial charge in [-0.3, -0.25) is 0 Å². The second-order valence-electron chi connectivity index (χ2n) is 5.72. The molecule has 1 heterocycles. The van der Waals surface area contributed by atoms with Crippen LogP contribution in [0.5, 0.6) is 0 Å². The third kappa shape index (κ3) is 4.30. The predicted molar refractivity (Wildman–Crippen MR) is 82.2 cm³/mol. The second kappa shape index (κ2) is 7.23. The van der Waals surface area contributed by atoms with Crippen molar-refractivity contribution in [3.8, 4) is 6.07 Å². The van der Waals surface area contributed by atoms with Gasteiger partial charge in [0.05, 0.1) is 12.3 Å². The van der Waals surface area contributed by atoms with Crippen molar-refractivity contribution in [3.63, 3.8) is 0 Å². The van der Waals surface area contributed by atoms with E-state index in [1.54, 1.807) is 13.3 Å². The number of rotatable bonds is 5. The molecule has 1 aromatic rings. The second-order valence-corrected chi connectivity index (χ2v) is 5.72. The minimum atomic E-state index is 0.219. The first-order valence-corrected chi connectivity index (χ1v) is 7.45. The lowest BCUT2D eigenvalue weighted by Gasteiger charge is -2.28. The van der Waals surface area contributed by atoms with Crippen LogP contribution in [-0.2, 0) is 4.74 Å². The molecule has 1 aliphatic rings. The molecule has 1 fully saturated rings. The Morgan fingerprint density at radius 2 is 2.05 bits per heavy atom. The number of anilines is 2. The van der Waals surface area contributed by atoms with E-state index in [9.17, 15) is 0 Å². The Balaban J connectivity index is 2.02. The number of aromatic nitrogens is 2. The molecule has 0 radical (unpaired) electrons. The summed E-state index contributed by atoms with van der Waals surface area (Å²) in [5.41, 5.74) is 0.470. The number of hydrogen-bond acceptors (Lipinski definition) is 6. The predicted octanol–water partition coefficient (Wildman–Crippen LogP) is 2.54. The molecule has 0 bridgehead atoms. The van der Waals surface area contributed by atoms with Crippen LogP contribution in [0.1, 0.15) is 45.1 Å². The van der Waals surface area contributed by atoms with Crippen molar-refractivity contribution in [2.45, 2.75) is 57.7 Å². The highest BCUT2D eigenvalue weighted by Gasteiger charge is 2.21. The van der Waals surface area contributed by atoms with Gasteiger partial charge in [0, 0.05) is 19.2 Å². The molecular weight excluding hydrogens is 266 g/mol. The molecule has 6 nitrogen and oxygen atoms in total. The highest BCUT2D eigenvalue weighted by molar-refractivity contribution is 5.53. The van der Waals surface area contributed by atoms with Crippen molar-refractivity contribution < 1.29 is 4.74 Å². The van der Waals surface area contributed by atoms with Crippen molar-refractivity contribution in [2.75, 3.05) is 17.7 Å². The summed E-state index contributed by atoms with van der Waals surface area (Å²) in [5.74, 6) is 1.17. The van der Waals surface area contributed by atoms with E-state index in [4.69, 9.17) is 10.00 Å². The molecule has 1 aliphatic carbocycles. The largest absolute Gasteiger partial charge is 0.381 e. The van der Waals surface area contributed by atoms with E-state index >= 15 is 0 Å². The van der Waals surface area contributed by atoms with Crippen LogP contribution in [0.2, 0.25) is 0 Å². The van der Waals surface area contributed by atoms with Crippen molar-refractivity contribution in [1.82, 2.24) is 9.97 Å². The van der Waals surface area contributed by atoms with Gasteiger partial charge >= 0.3 is 0 Å². The topological polar surface area (TPSA) is 82.9 Å². The van der Waals surface area contributed by atoms with Crippen molar-refractivity contribution in [2.24, 2.45) is 0 Å². The number of nitrogens with one attached hydrogen (secondary N) is 2. The minimum absolute atomic E-state index is 0.219. The van der Waals surface area contributed by atoms with Gasteiger partial charge in [0.15, 0.2) is 0 Å².